The van der Waals surface area contributed by atoms with E-state index < -0.39 is 5.92 Å². The van der Waals surface area contributed by atoms with E-state index in [1.54, 1.807) is 14.2 Å². The van der Waals surface area contributed by atoms with Gasteiger partial charge in [0.05, 0.1) is 26.2 Å². The first-order valence-electron chi connectivity index (χ1n) is 11.9. The number of amides is 2. The summed E-state index contributed by atoms with van der Waals surface area (Å²) >= 11 is 0. The minimum atomic E-state index is -0.437. The number of likely N-dealkylation sites (tertiary alicyclic amines) is 1. The van der Waals surface area contributed by atoms with Gasteiger partial charge in [0.15, 0.2) is 11.5 Å². The summed E-state index contributed by atoms with van der Waals surface area (Å²) in [5, 5.41) is 0. The van der Waals surface area contributed by atoms with E-state index in [2.05, 4.69) is 13.8 Å². The fourth-order valence-electron chi connectivity index (χ4n) is 6.16. The normalized spacial score (nSPS) is 26.2. The predicted molar refractivity (Wildman–Crippen MR) is 126 cm³/mol. The Labute approximate surface area is 195 Å². The number of rotatable bonds is 3. The quantitative estimate of drug-likeness (QED) is 0.711. The molecule has 3 aliphatic rings. The van der Waals surface area contributed by atoms with Gasteiger partial charge in [-0.3, -0.25) is 9.59 Å². The number of carbonyl (C=O) groups excluding carboxylic acids is 2. The van der Waals surface area contributed by atoms with E-state index in [1.807, 2.05) is 46.2 Å². The molecule has 3 heterocycles. The molecule has 0 aliphatic carbocycles. The monoisotopic (exact) mass is 448 g/mol. The van der Waals surface area contributed by atoms with Crippen LogP contribution in [0.1, 0.15) is 59.3 Å². The first kappa shape index (κ1) is 21.8. The van der Waals surface area contributed by atoms with Gasteiger partial charge in [-0.05, 0) is 59.6 Å². The number of fused-ring (bicyclic) bond motifs is 4. The summed E-state index contributed by atoms with van der Waals surface area (Å²) in [6.45, 7) is 6.54. The molecule has 2 amide bonds. The van der Waals surface area contributed by atoms with Crippen molar-refractivity contribution in [3.8, 4) is 11.5 Å². The highest BCUT2D eigenvalue weighted by Crippen LogP contribution is 2.49. The molecule has 0 N–H and O–H groups in total. The number of hydrogen-bond acceptors (Lipinski definition) is 4. The Bertz CT molecular complexity index is 1090. The van der Waals surface area contributed by atoms with E-state index in [0.29, 0.717) is 35.4 Å². The molecule has 3 aliphatic heterocycles. The maximum absolute atomic E-state index is 14.2. The summed E-state index contributed by atoms with van der Waals surface area (Å²) in [5.74, 6) is 1.92. The highest BCUT2D eigenvalue weighted by atomic mass is 16.5. The van der Waals surface area contributed by atoms with Crippen LogP contribution >= 0.6 is 0 Å². The number of hydrogen-bond donors (Lipinski definition) is 0. The van der Waals surface area contributed by atoms with Crippen LogP contribution in [-0.4, -0.2) is 55.5 Å². The van der Waals surface area contributed by atoms with Crippen LogP contribution in [0.4, 0.5) is 0 Å². The number of piperidine rings is 1. The van der Waals surface area contributed by atoms with Crippen molar-refractivity contribution in [3.05, 3.63) is 58.7 Å². The SMILES string of the molecule is COc1cc2c(cc1OC)C1C(C(=O)N3CC(C)CC(C)C3)c3ccccc3C(=O)N1CC2. The molecule has 33 heavy (non-hydrogen) atoms. The van der Waals surface area contributed by atoms with Crippen molar-refractivity contribution >= 4 is 11.8 Å². The number of carbonyl (C=O) groups is 2. The molecular weight excluding hydrogens is 416 g/mol. The zero-order chi connectivity index (χ0) is 23.3. The van der Waals surface area contributed by atoms with Gasteiger partial charge in [-0.2, -0.15) is 0 Å². The summed E-state index contributed by atoms with van der Waals surface area (Å²) in [6.07, 6.45) is 1.86. The molecule has 2 aromatic carbocycles. The Hall–Kier alpha value is -3.02. The Morgan fingerprint density at radius 3 is 2.33 bits per heavy atom. The molecule has 5 rings (SSSR count). The van der Waals surface area contributed by atoms with Crippen LogP contribution < -0.4 is 9.47 Å². The van der Waals surface area contributed by atoms with Gasteiger partial charge in [0.1, 0.15) is 0 Å². The van der Waals surface area contributed by atoms with E-state index in [-0.39, 0.29) is 17.9 Å². The zero-order valence-corrected chi connectivity index (χ0v) is 19.8. The summed E-state index contributed by atoms with van der Waals surface area (Å²) in [6, 6.07) is 11.3. The van der Waals surface area contributed by atoms with Crippen molar-refractivity contribution in [2.45, 2.75) is 38.6 Å². The van der Waals surface area contributed by atoms with Gasteiger partial charge in [-0.15, -0.1) is 0 Å². The maximum atomic E-state index is 14.2. The van der Waals surface area contributed by atoms with Crippen LogP contribution in [0.15, 0.2) is 36.4 Å². The Kier molecular flexibility index (Phi) is 5.55. The number of benzene rings is 2. The number of ether oxygens (including phenoxy) is 2. The van der Waals surface area contributed by atoms with E-state index in [0.717, 1.165) is 42.6 Å². The predicted octanol–water partition coefficient (Wildman–Crippen LogP) is 4.05. The van der Waals surface area contributed by atoms with Crippen molar-refractivity contribution in [2.24, 2.45) is 11.8 Å². The molecule has 2 aromatic rings. The molecule has 0 radical (unpaired) electrons. The lowest BCUT2D eigenvalue weighted by molar-refractivity contribution is -0.137. The molecule has 4 unspecified atom stereocenters. The highest BCUT2D eigenvalue weighted by Gasteiger charge is 2.48. The fraction of sp³-hybridized carbons (Fsp3) is 0.481. The third-order valence-corrected chi connectivity index (χ3v) is 7.47. The van der Waals surface area contributed by atoms with Crippen molar-refractivity contribution in [1.82, 2.24) is 9.80 Å². The third kappa shape index (κ3) is 3.56. The first-order valence-corrected chi connectivity index (χ1v) is 11.9. The molecule has 0 aromatic heterocycles. The molecule has 4 atom stereocenters. The maximum Gasteiger partial charge on any atom is 0.254 e. The summed E-state index contributed by atoms with van der Waals surface area (Å²) in [4.78, 5) is 31.6. The lowest BCUT2D eigenvalue weighted by Gasteiger charge is -2.47. The average Bonchev–Trinajstić information content (AvgIpc) is 2.82. The molecule has 0 spiro atoms. The van der Waals surface area contributed by atoms with Gasteiger partial charge in [-0.1, -0.05) is 32.0 Å². The molecule has 6 nitrogen and oxygen atoms in total. The molecule has 0 bridgehead atoms. The first-order chi connectivity index (χ1) is 15.9. The van der Waals surface area contributed by atoms with Crippen LogP contribution in [0, 0.1) is 11.8 Å². The Morgan fingerprint density at radius 2 is 1.64 bits per heavy atom. The zero-order valence-electron chi connectivity index (χ0n) is 19.8. The standard InChI is InChI=1S/C27H32N2O4/c1-16-11-17(2)15-28(14-16)27(31)24-19-7-5-6-8-20(19)26(30)29-10-9-18-12-22(32-3)23(33-4)13-21(18)25(24)29/h5-8,12-13,16-17,24-25H,9-11,14-15H2,1-4H3. The molecular formula is C27H32N2O4. The molecule has 174 valence electrons. The molecule has 1 saturated heterocycles. The van der Waals surface area contributed by atoms with Crippen molar-refractivity contribution in [2.75, 3.05) is 33.9 Å². The van der Waals surface area contributed by atoms with E-state index >= 15 is 0 Å². The Morgan fingerprint density at radius 1 is 0.970 bits per heavy atom. The van der Waals surface area contributed by atoms with Crippen molar-refractivity contribution in [3.63, 3.8) is 0 Å². The minimum absolute atomic E-state index is 0.000431. The Balaban J connectivity index is 1.66. The number of methoxy groups -OCH3 is 2. The largest absolute Gasteiger partial charge is 0.493 e. The minimum Gasteiger partial charge on any atom is -0.493 e. The van der Waals surface area contributed by atoms with Gasteiger partial charge in [0.25, 0.3) is 5.91 Å². The van der Waals surface area contributed by atoms with E-state index in [4.69, 9.17) is 9.47 Å². The van der Waals surface area contributed by atoms with Crippen LogP contribution in [-0.2, 0) is 11.2 Å². The summed E-state index contributed by atoms with van der Waals surface area (Å²) < 4.78 is 11.1. The van der Waals surface area contributed by atoms with Gasteiger partial charge in [-0.25, -0.2) is 0 Å². The number of nitrogens with zero attached hydrogens (tertiary/aromatic N) is 2. The smallest absolute Gasteiger partial charge is 0.254 e. The second-order valence-corrected chi connectivity index (χ2v) is 9.85. The third-order valence-electron chi connectivity index (χ3n) is 7.47. The van der Waals surface area contributed by atoms with Crippen LogP contribution in [0.5, 0.6) is 11.5 Å². The second kappa shape index (κ2) is 8.40. The topological polar surface area (TPSA) is 59.1 Å². The molecule has 6 heteroatoms. The van der Waals surface area contributed by atoms with Crippen molar-refractivity contribution in [1.29, 1.82) is 0 Å². The van der Waals surface area contributed by atoms with E-state index in [9.17, 15) is 9.59 Å². The summed E-state index contributed by atoms with van der Waals surface area (Å²) in [5.41, 5.74) is 3.58. The lowest BCUT2D eigenvalue weighted by atomic mass is 9.75. The van der Waals surface area contributed by atoms with Crippen molar-refractivity contribution < 1.29 is 19.1 Å². The van der Waals surface area contributed by atoms with Gasteiger partial charge < -0.3 is 19.3 Å². The van der Waals surface area contributed by atoms with Gasteiger partial charge in [0.2, 0.25) is 5.91 Å². The van der Waals surface area contributed by atoms with E-state index in [1.165, 1.54) is 0 Å². The summed E-state index contributed by atoms with van der Waals surface area (Å²) in [7, 11) is 3.25. The van der Waals surface area contributed by atoms with Gasteiger partial charge >= 0.3 is 0 Å². The lowest BCUT2D eigenvalue weighted by Crippen LogP contribution is -2.52. The molecule has 0 saturated carbocycles. The van der Waals surface area contributed by atoms with Crippen LogP contribution in [0.25, 0.3) is 0 Å². The van der Waals surface area contributed by atoms with Crippen LogP contribution in [0.2, 0.25) is 0 Å². The van der Waals surface area contributed by atoms with Crippen LogP contribution in [0.3, 0.4) is 0 Å². The highest BCUT2D eigenvalue weighted by molar-refractivity contribution is 6.01. The average molecular weight is 449 g/mol. The van der Waals surface area contributed by atoms with Gasteiger partial charge in [0, 0.05) is 25.2 Å². The second-order valence-electron chi connectivity index (χ2n) is 9.85. The molecule has 1 fully saturated rings. The fourth-order valence-corrected chi connectivity index (χ4v) is 6.16.